The van der Waals surface area contributed by atoms with Crippen LogP contribution in [-0.2, 0) is 15.9 Å². The number of aryl methyl sites for hydroxylation is 1. The zero-order chi connectivity index (χ0) is 16.0. The maximum absolute atomic E-state index is 6.25. The van der Waals surface area contributed by atoms with Gasteiger partial charge in [-0.05, 0) is 71.6 Å². The first-order valence-corrected chi connectivity index (χ1v) is 8.46. The van der Waals surface area contributed by atoms with Crippen molar-refractivity contribution in [3.63, 3.8) is 0 Å². The summed E-state index contributed by atoms with van der Waals surface area (Å²) in [5, 5.41) is 0. The first-order chi connectivity index (χ1) is 10.3. The Morgan fingerprint density at radius 3 is 2.23 bits per heavy atom. The van der Waals surface area contributed by atoms with Gasteiger partial charge in [0, 0.05) is 6.54 Å². The predicted octanol–water partition coefficient (Wildman–Crippen LogP) is 2.89. The van der Waals surface area contributed by atoms with E-state index >= 15 is 0 Å². The summed E-state index contributed by atoms with van der Waals surface area (Å²) in [6, 6.07) is 6.63. The molecular weight excluding hydrogens is 273 g/mol. The Kier molecular flexibility index (Phi) is 4.13. The highest BCUT2D eigenvalue weighted by molar-refractivity contribution is 6.62. The second-order valence-electron chi connectivity index (χ2n) is 7.77. The van der Waals surface area contributed by atoms with E-state index in [2.05, 4.69) is 57.7 Å². The van der Waals surface area contributed by atoms with Crippen molar-refractivity contribution >= 4 is 12.6 Å². The zero-order valence-corrected chi connectivity index (χ0v) is 14.6. The summed E-state index contributed by atoms with van der Waals surface area (Å²) >= 11 is 0. The summed E-state index contributed by atoms with van der Waals surface area (Å²) < 4.78 is 12.5. The molecule has 2 aliphatic heterocycles. The molecule has 0 amide bonds. The fourth-order valence-electron chi connectivity index (χ4n) is 3.25. The minimum absolute atomic E-state index is 0.261. The Balaban J connectivity index is 1.87. The van der Waals surface area contributed by atoms with Gasteiger partial charge >= 0.3 is 7.12 Å². The van der Waals surface area contributed by atoms with Crippen LogP contribution in [0.4, 0.5) is 0 Å². The summed E-state index contributed by atoms with van der Waals surface area (Å²) in [6.07, 6.45) is 2.63. The molecule has 0 radical (unpaired) electrons. The lowest BCUT2D eigenvalue weighted by Crippen LogP contribution is -2.41. The normalized spacial score (nSPS) is 24.1. The van der Waals surface area contributed by atoms with Crippen molar-refractivity contribution in [2.45, 2.75) is 65.2 Å². The van der Waals surface area contributed by atoms with Crippen LogP contribution in [0.15, 0.2) is 18.2 Å². The molecule has 2 saturated heterocycles. The zero-order valence-electron chi connectivity index (χ0n) is 14.6. The number of hydrogen-bond donors (Lipinski definition) is 0. The van der Waals surface area contributed by atoms with Crippen molar-refractivity contribution in [2.24, 2.45) is 0 Å². The number of hydrogen-bond acceptors (Lipinski definition) is 3. The van der Waals surface area contributed by atoms with Gasteiger partial charge in [-0.2, -0.15) is 0 Å². The fraction of sp³-hybridized carbons (Fsp3) is 0.667. The van der Waals surface area contributed by atoms with Crippen LogP contribution in [0.1, 0.15) is 51.7 Å². The molecule has 0 spiro atoms. The van der Waals surface area contributed by atoms with Gasteiger partial charge in [-0.1, -0.05) is 23.8 Å². The van der Waals surface area contributed by atoms with Gasteiger partial charge in [-0.25, -0.2) is 0 Å². The molecule has 22 heavy (non-hydrogen) atoms. The average Bonchev–Trinajstić information content (AvgIpc) is 2.96. The Morgan fingerprint density at radius 1 is 1.05 bits per heavy atom. The van der Waals surface area contributed by atoms with E-state index in [4.69, 9.17) is 9.31 Å². The van der Waals surface area contributed by atoms with Crippen molar-refractivity contribution in [3.05, 3.63) is 29.3 Å². The van der Waals surface area contributed by atoms with Crippen molar-refractivity contribution in [2.75, 3.05) is 13.1 Å². The molecular formula is C18H28BNO2. The highest BCUT2D eigenvalue weighted by Gasteiger charge is 2.52. The van der Waals surface area contributed by atoms with Gasteiger partial charge in [0.25, 0.3) is 0 Å². The standard InChI is InChI=1S/C18H28BNO2/c1-14-8-9-16(15(12-14)13-20-10-6-7-11-20)19-21-17(2,3)18(4,5)22-19/h8-9,12H,6-7,10-11,13H2,1-5H3. The number of rotatable bonds is 3. The van der Waals surface area contributed by atoms with Crippen molar-refractivity contribution in [1.82, 2.24) is 4.90 Å². The lowest BCUT2D eigenvalue weighted by molar-refractivity contribution is 0.00578. The van der Waals surface area contributed by atoms with Crippen LogP contribution < -0.4 is 5.46 Å². The fourth-order valence-corrected chi connectivity index (χ4v) is 3.25. The Morgan fingerprint density at radius 2 is 1.64 bits per heavy atom. The van der Waals surface area contributed by atoms with Gasteiger partial charge in [0.05, 0.1) is 11.2 Å². The summed E-state index contributed by atoms with van der Waals surface area (Å²) in [4.78, 5) is 2.53. The maximum Gasteiger partial charge on any atom is 0.495 e. The molecule has 3 nitrogen and oxygen atoms in total. The van der Waals surface area contributed by atoms with E-state index in [0.29, 0.717) is 0 Å². The molecule has 0 bridgehead atoms. The van der Waals surface area contributed by atoms with Gasteiger partial charge in [0.2, 0.25) is 0 Å². The molecule has 1 aromatic rings. The minimum Gasteiger partial charge on any atom is -0.399 e. The quantitative estimate of drug-likeness (QED) is 0.801. The molecule has 2 heterocycles. The molecule has 1 aromatic carbocycles. The van der Waals surface area contributed by atoms with Crippen LogP contribution in [0, 0.1) is 6.92 Å². The van der Waals surface area contributed by atoms with E-state index in [1.54, 1.807) is 0 Å². The maximum atomic E-state index is 6.25. The van der Waals surface area contributed by atoms with Crippen LogP contribution in [0.2, 0.25) is 0 Å². The van der Waals surface area contributed by atoms with Crippen LogP contribution in [0.25, 0.3) is 0 Å². The minimum atomic E-state index is -0.284. The third kappa shape index (κ3) is 2.97. The van der Waals surface area contributed by atoms with E-state index < -0.39 is 0 Å². The van der Waals surface area contributed by atoms with Gasteiger partial charge in [-0.15, -0.1) is 0 Å². The summed E-state index contributed by atoms with van der Waals surface area (Å²) in [7, 11) is -0.261. The largest absolute Gasteiger partial charge is 0.495 e. The number of benzene rings is 1. The number of nitrogens with zero attached hydrogens (tertiary/aromatic N) is 1. The Labute approximate surface area is 135 Å². The van der Waals surface area contributed by atoms with Crippen molar-refractivity contribution in [3.8, 4) is 0 Å². The van der Waals surface area contributed by atoms with Gasteiger partial charge in [0.1, 0.15) is 0 Å². The van der Waals surface area contributed by atoms with Crippen LogP contribution >= 0.6 is 0 Å². The first kappa shape index (κ1) is 16.0. The smallest absolute Gasteiger partial charge is 0.399 e. The number of likely N-dealkylation sites (tertiary alicyclic amines) is 1. The van der Waals surface area contributed by atoms with E-state index in [-0.39, 0.29) is 18.3 Å². The molecule has 0 N–H and O–H groups in total. The first-order valence-electron chi connectivity index (χ1n) is 8.46. The van der Waals surface area contributed by atoms with E-state index in [1.807, 2.05) is 0 Å². The third-order valence-electron chi connectivity index (χ3n) is 5.40. The monoisotopic (exact) mass is 301 g/mol. The molecule has 0 aliphatic carbocycles. The molecule has 0 unspecified atom stereocenters. The van der Waals surface area contributed by atoms with Crippen LogP contribution in [0.3, 0.4) is 0 Å². The molecule has 2 fully saturated rings. The predicted molar refractivity (Wildman–Crippen MR) is 91.4 cm³/mol. The second kappa shape index (κ2) is 5.66. The highest BCUT2D eigenvalue weighted by Crippen LogP contribution is 2.36. The highest BCUT2D eigenvalue weighted by atomic mass is 16.7. The van der Waals surface area contributed by atoms with Crippen LogP contribution in [0.5, 0.6) is 0 Å². The Hall–Kier alpha value is -0.835. The summed E-state index contributed by atoms with van der Waals surface area (Å²) in [6.45, 7) is 14.0. The van der Waals surface area contributed by atoms with Gasteiger partial charge in [0.15, 0.2) is 0 Å². The molecule has 120 valence electrons. The Bertz CT molecular complexity index is 534. The van der Waals surface area contributed by atoms with E-state index in [9.17, 15) is 0 Å². The van der Waals surface area contributed by atoms with E-state index in [1.165, 1.54) is 42.5 Å². The summed E-state index contributed by atoms with van der Waals surface area (Å²) in [5.74, 6) is 0. The second-order valence-corrected chi connectivity index (χ2v) is 7.77. The third-order valence-corrected chi connectivity index (χ3v) is 5.40. The average molecular weight is 301 g/mol. The van der Waals surface area contributed by atoms with E-state index in [0.717, 1.165) is 6.54 Å². The van der Waals surface area contributed by atoms with Crippen molar-refractivity contribution < 1.29 is 9.31 Å². The summed E-state index contributed by atoms with van der Waals surface area (Å²) in [5.41, 5.74) is 3.27. The molecule has 3 rings (SSSR count). The van der Waals surface area contributed by atoms with Crippen LogP contribution in [-0.4, -0.2) is 36.3 Å². The molecule has 0 atom stereocenters. The topological polar surface area (TPSA) is 21.7 Å². The SMILES string of the molecule is Cc1ccc(B2OC(C)(C)C(C)(C)O2)c(CN2CCCC2)c1. The van der Waals surface area contributed by atoms with Gasteiger partial charge < -0.3 is 9.31 Å². The molecule has 0 saturated carbocycles. The van der Waals surface area contributed by atoms with Gasteiger partial charge in [-0.3, -0.25) is 4.90 Å². The van der Waals surface area contributed by atoms with Crippen molar-refractivity contribution in [1.29, 1.82) is 0 Å². The molecule has 2 aliphatic rings. The molecule has 4 heteroatoms. The lowest BCUT2D eigenvalue weighted by atomic mass is 9.75. The molecule has 0 aromatic heterocycles. The lowest BCUT2D eigenvalue weighted by Gasteiger charge is -2.32.